The topological polar surface area (TPSA) is 31.6 Å². The van der Waals surface area contributed by atoms with Crippen LogP contribution in [0.4, 0.5) is 0 Å². The standard InChI is InChI=1S/C15H12BrIN2/c16-10-5-6-12(17)11(9-10)15(13-3-1-7-18-13)14-4-2-8-19-14/h1-9,15,18-19H. The van der Waals surface area contributed by atoms with E-state index >= 15 is 0 Å². The molecule has 3 aromatic rings. The van der Waals surface area contributed by atoms with Crippen molar-refractivity contribution in [1.29, 1.82) is 0 Å². The third-order valence-corrected chi connectivity index (χ3v) is 4.61. The molecule has 0 radical (unpaired) electrons. The van der Waals surface area contributed by atoms with E-state index in [1.807, 2.05) is 24.5 Å². The fraction of sp³-hybridized carbons (Fsp3) is 0.0667. The highest BCUT2D eigenvalue weighted by Gasteiger charge is 2.20. The van der Waals surface area contributed by atoms with E-state index in [1.165, 1.54) is 20.5 Å². The van der Waals surface area contributed by atoms with E-state index in [0.717, 1.165) is 4.47 Å². The van der Waals surface area contributed by atoms with Crippen LogP contribution in [-0.4, -0.2) is 9.97 Å². The number of H-pyrrole nitrogens is 2. The highest BCUT2D eigenvalue weighted by atomic mass is 127. The van der Waals surface area contributed by atoms with Gasteiger partial charge in [-0.3, -0.25) is 0 Å². The maximum atomic E-state index is 3.57. The lowest BCUT2D eigenvalue weighted by Gasteiger charge is -2.17. The molecule has 19 heavy (non-hydrogen) atoms. The van der Waals surface area contributed by atoms with Crippen LogP contribution in [0.25, 0.3) is 0 Å². The summed E-state index contributed by atoms with van der Waals surface area (Å²) in [6.07, 6.45) is 3.94. The minimum absolute atomic E-state index is 0.203. The Bertz CT molecular complexity index is 625. The van der Waals surface area contributed by atoms with Crippen molar-refractivity contribution in [3.8, 4) is 0 Å². The minimum atomic E-state index is 0.203. The van der Waals surface area contributed by atoms with Crippen LogP contribution in [-0.2, 0) is 0 Å². The average molecular weight is 427 g/mol. The molecule has 0 fully saturated rings. The lowest BCUT2D eigenvalue weighted by molar-refractivity contribution is 0.891. The molecule has 0 saturated heterocycles. The van der Waals surface area contributed by atoms with Gasteiger partial charge in [-0.2, -0.15) is 0 Å². The zero-order chi connectivity index (χ0) is 13.2. The first-order valence-electron chi connectivity index (χ1n) is 5.97. The third-order valence-electron chi connectivity index (χ3n) is 3.14. The number of aromatic amines is 2. The maximum absolute atomic E-state index is 3.57. The Labute approximate surface area is 133 Å². The van der Waals surface area contributed by atoms with Crippen LogP contribution < -0.4 is 0 Å². The Balaban J connectivity index is 2.17. The predicted molar refractivity (Wildman–Crippen MR) is 89.4 cm³/mol. The normalized spacial score (nSPS) is 11.1. The molecule has 0 amide bonds. The molecule has 3 rings (SSSR count). The van der Waals surface area contributed by atoms with Crippen molar-refractivity contribution >= 4 is 38.5 Å². The fourth-order valence-electron chi connectivity index (χ4n) is 2.29. The fourth-order valence-corrected chi connectivity index (χ4v) is 3.31. The van der Waals surface area contributed by atoms with Gasteiger partial charge in [0.2, 0.25) is 0 Å². The summed E-state index contributed by atoms with van der Waals surface area (Å²) < 4.78 is 2.36. The molecule has 0 bridgehead atoms. The van der Waals surface area contributed by atoms with Gasteiger partial charge in [0, 0.05) is 31.8 Å². The van der Waals surface area contributed by atoms with Crippen molar-refractivity contribution in [3.05, 3.63) is 79.9 Å². The van der Waals surface area contributed by atoms with E-state index in [4.69, 9.17) is 0 Å². The van der Waals surface area contributed by atoms with E-state index in [-0.39, 0.29) is 5.92 Å². The number of halogens is 2. The molecule has 0 aliphatic rings. The van der Waals surface area contributed by atoms with Gasteiger partial charge in [-0.05, 0) is 70.6 Å². The zero-order valence-corrected chi connectivity index (χ0v) is 13.8. The first kappa shape index (κ1) is 13.0. The smallest absolute Gasteiger partial charge is 0.0652 e. The molecule has 0 aliphatic carbocycles. The van der Waals surface area contributed by atoms with Gasteiger partial charge in [-0.1, -0.05) is 15.9 Å². The van der Waals surface area contributed by atoms with Gasteiger partial charge in [0.15, 0.2) is 0 Å². The van der Waals surface area contributed by atoms with Crippen molar-refractivity contribution in [3.63, 3.8) is 0 Å². The summed E-state index contributed by atoms with van der Waals surface area (Å²) in [6, 6.07) is 14.7. The van der Waals surface area contributed by atoms with Crippen molar-refractivity contribution in [2.45, 2.75) is 5.92 Å². The van der Waals surface area contributed by atoms with Gasteiger partial charge in [0.1, 0.15) is 0 Å². The maximum Gasteiger partial charge on any atom is 0.0652 e. The number of rotatable bonds is 3. The van der Waals surface area contributed by atoms with E-state index in [2.05, 4.69) is 78.8 Å². The molecule has 2 aromatic heterocycles. The summed E-state index contributed by atoms with van der Waals surface area (Å²) in [6.45, 7) is 0. The Morgan fingerprint density at radius 1 is 0.947 bits per heavy atom. The average Bonchev–Trinajstić information content (AvgIpc) is 3.07. The first-order valence-corrected chi connectivity index (χ1v) is 7.84. The number of aromatic nitrogens is 2. The lowest BCUT2D eigenvalue weighted by atomic mass is 9.93. The summed E-state index contributed by atoms with van der Waals surface area (Å²) >= 11 is 5.96. The van der Waals surface area contributed by atoms with Gasteiger partial charge in [0.05, 0.1) is 5.92 Å². The van der Waals surface area contributed by atoms with Gasteiger partial charge in [-0.25, -0.2) is 0 Å². The molecular weight excluding hydrogens is 415 g/mol. The summed E-state index contributed by atoms with van der Waals surface area (Å²) in [5.41, 5.74) is 3.68. The quantitative estimate of drug-likeness (QED) is 0.559. The molecule has 2 N–H and O–H groups in total. The van der Waals surface area contributed by atoms with Crippen molar-refractivity contribution in [2.24, 2.45) is 0 Å². The lowest BCUT2D eigenvalue weighted by Crippen LogP contribution is -2.06. The second-order valence-electron chi connectivity index (χ2n) is 4.35. The summed E-state index contributed by atoms with van der Waals surface area (Å²) in [4.78, 5) is 6.66. The van der Waals surface area contributed by atoms with Crippen LogP contribution in [0.3, 0.4) is 0 Å². The Kier molecular flexibility index (Phi) is 3.79. The van der Waals surface area contributed by atoms with E-state index in [0.29, 0.717) is 0 Å². The molecule has 0 unspecified atom stereocenters. The minimum Gasteiger partial charge on any atom is -0.364 e. The summed E-state index contributed by atoms with van der Waals surface area (Å²) in [5, 5.41) is 0. The van der Waals surface area contributed by atoms with Gasteiger partial charge < -0.3 is 9.97 Å². The molecule has 1 aromatic carbocycles. The molecule has 4 heteroatoms. The van der Waals surface area contributed by atoms with E-state index in [9.17, 15) is 0 Å². The van der Waals surface area contributed by atoms with Crippen LogP contribution in [0, 0.1) is 3.57 Å². The first-order chi connectivity index (χ1) is 9.25. The molecular formula is C15H12BrIN2. The van der Waals surface area contributed by atoms with E-state index < -0.39 is 0 Å². The molecule has 2 nitrogen and oxygen atoms in total. The highest BCUT2D eigenvalue weighted by molar-refractivity contribution is 14.1. The Morgan fingerprint density at radius 2 is 1.58 bits per heavy atom. The van der Waals surface area contributed by atoms with Crippen molar-refractivity contribution < 1.29 is 0 Å². The van der Waals surface area contributed by atoms with Crippen LogP contribution in [0.15, 0.2) is 59.3 Å². The van der Waals surface area contributed by atoms with Crippen molar-refractivity contribution in [1.82, 2.24) is 9.97 Å². The van der Waals surface area contributed by atoms with Gasteiger partial charge >= 0.3 is 0 Å². The second-order valence-corrected chi connectivity index (χ2v) is 6.43. The number of hydrogen-bond acceptors (Lipinski definition) is 0. The van der Waals surface area contributed by atoms with E-state index in [1.54, 1.807) is 0 Å². The molecule has 2 heterocycles. The van der Waals surface area contributed by atoms with Crippen LogP contribution >= 0.6 is 38.5 Å². The third kappa shape index (κ3) is 2.65. The summed E-state index contributed by atoms with van der Waals surface area (Å²) in [5.74, 6) is 0.203. The SMILES string of the molecule is Brc1ccc(I)c(C(c2ccc[nH]2)c2ccc[nH]2)c1. The van der Waals surface area contributed by atoms with Crippen LogP contribution in [0.2, 0.25) is 0 Å². The van der Waals surface area contributed by atoms with Crippen LogP contribution in [0.1, 0.15) is 22.9 Å². The number of hydrogen-bond donors (Lipinski definition) is 2. The largest absolute Gasteiger partial charge is 0.364 e. The molecule has 0 spiro atoms. The van der Waals surface area contributed by atoms with Gasteiger partial charge in [-0.15, -0.1) is 0 Å². The second kappa shape index (κ2) is 5.54. The predicted octanol–water partition coefficient (Wildman–Crippen LogP) is 4.89. The Morgan fingerprint density at radius 3 is 2.11 bits per heavy atom. The Hall–Kier alpha value is -1.01. The van der Waals surface area contributed by atoms with Crippen LogP contribution in [0.5, 0.6) is 0 Å². The summed E-state index contributed by atoms with van der Waals surface area (Å²) in [7, 11) is 0. The molecule has 0 aliphatic heterocycles. The zero-order valence-electron chi connectivity index (χ0n) is 10.0. The van der Waals surface area contributed by atoms with Gasteiger partial charge in [0.25, 0.3) is 0 Å². The number of benzene rings is 1. The number of nitrogens with one attached hydrogen (secondary N) is 2. The highest BCUT2D eigenvalue weighted by Crippen LogP contribution is 2.34. The molecule has 0 atom stereocenters. The molecule has 0 saturated carbocycles. The van der Waals surface area contributed by atoms with Crippen molar-refractivity contribution in [2.75, 3.05) is 0 Å². The molecule has 96 valence electrons. The monoisotopic (exact) mass is 426 g/mol.